The van der Waals surface area contributed by atoms with Gasteiger partial charge >= 0.3 is 5.97 Å². The normalized spacial score (nSPS) is 15.7. The molecule has 2 N–H and O–H groups in total. The number of carbonyl (C=O) groups excluding carboxylic acids is 1. The van der Waals surface area contributed by atoms with Crippen LogP contribution in [0.2, 0.25) is 0 Å². The van der Waals surface area contributed by atoms with Gasteiger partial charge in [0.2, 0.25) is 5.91 Å². The molecule has 4 rings (SSSR count). The molecule has 1 aliphatic carbocycles. The third-order valence-electron chi connectivity index (χ3n) is 6.48. The van der Waals surface area contributed by atoms with Gasteiger partial charge in [0.15, 0.2) is 6.61 Å². The highest BCUT2D eigenvalue weighted by atomic mass is 16.5. The number of aliphatic carboxylic acids is 1. The maximum Gasteiger partial charge on any atom is 0.341 e. The summed E-state index contributed by atoms with van der Waals surface area (Å²) < 4.78 is 5.52. The van der Waals surface area contributed by atoms with Crippen molar-refractivity contribution in [3.05, 3.63) is 101 Å². The number of hydrogen-bond donors (Lipinski definition) is 2. The number of carboxylic acid groups (broad SMARTS) is 1. The Labute approximate surface area is 200 Å². The number of carbonyl (C=O) groups is 2. The second-order valence-corrected chi connectivity index (χ2v) is 8.85. The van der Waals surface area contributed by atoms with Gasteiger partial charge in [-0.1, -0.05) is 72.8 Å². The van der Waals surface area contributed by atoms with E-state index in [-0.39, 0.29) is 24.5 Å². The van der Waals surface area contributed by atoms with E-state index in [1.165, 1.54) is 11.1 Å². The highest BCUT2D eigenvalue weighted by Gasteiger charge is 2.24. The third-order valence-corrected chi connectivity index (χ3v) is 6.48. The van der Waals surface area contributed by atoms with E-state index in [9.17, 15) is 9.59 Å². The predicted octanol–water partition coefficient (Wildman–Crippen LogP) is 5.45. The summed E-state index contributed by atoms with van der Waals surface area (Å²) in [4.78, 5) is 23.9. The molecule has 2 atom stereocenters. The van der Waals surface area contributed by atoms with E-state index in [4.69, 9.17) is 9.84 Å². The highest BCUT2D eigenvalue weighted by molar-refractivity contribution is 5.76. The molecule has 34 heavy (non-hydrogen) atoms. The third kappa shape index (κ3) is 6.25. The maximum atomic E-state index is 13.0. The van der Waals surface area contributed by atoms with Crippen LogP contribution in [0.3, 0.4) is 0 Å². The Kier molecular flexibility index (Phi) is 7.97. The van der Waals surface area contributed by atoms with Gasteiger partial charge in [-0.2, -0.15) is 0 Å². The minimum absolute atomic E-state index is 0.0511. The summed E-state index contributed by atoms with van der Waals surface area (Å²) in [5.41, 5.74) is 4.56. The van der Waals surface area contributed by atoms with Crippen molar-refractivity contribution in [2.75, 3.05) is 6.61 Å². The lowest BCUT2D eigenvalue weighted by molar-refractivity contribution is -0.139. The minimum Gasteiger partial charge on any atom is -0.482 e. The van der Waals surface area contributed by atoms with E-state index < -0.39 is 5.97 Å². The minimum atomic E-state index is -0.981. The molecule has 5 nitrogen and oxygen atoms in total. The zero-order valence-corrected chi connectivity index (χ0v) is 19.3. The van der Waals surface area contributed by atoms with Crippen molar-refractivity contribution < 1.29 is 19.4 Å². The van der Waals surface area contributed by atoms with Crippen molar-refractivity contribution in [3.63, 3.8) is 0 Å². The van der Waals surface area contributed by atoms with Crippen LogP contribution in [0.25, 0.3) is 0 Å². The molecule has 3 aromatic carbocycles. The molecule has 0 saturated heterocycles. The highest BCUT2D eigenvalue weighted by Crippen LogP contribution is 2.39. The molecule has 5 heteroatoms. The maximum absolute atomic E-state index is 13.0. The van der Waals surface area contributed by atoms with Gasteiger partial charge in [0.05, 0.1) is 6.04 Å². The van der Waals surface area contributed by atoms with Crippen LogP contribution >= 0.6 is 0 Å². The summed E-state index contributed by atoms with van der Waals surface area (Å²) in [6, 6.07) is 26.1. The van der Waals surface area contributed by atoms with Gasteiger partial charge in [-0.25, -0.2) is 4.79 Å². The average Bonchev–Trinajstić information content (AvgIpc) is 2.87. The Balaban J connectivity index is 1.41. The van der Waals surface area contributed by atoms with Crippen LogP contribution in [0.1, 0.15) is 59.9 Å². The molecular formula is C29H31NO4. The van der Waals surface area contributed by atoms with Crippen LogP contribution in [-0.4, -0.2) is 23.6 Å². The number of benzene rings is 3. The van der Waals surface area contributed by atoms with Gasteiger partial charge in [-0.05, 0) is 66.3 Å². The number of carboxylic acids is 1. The van der Waals surface area contributed by atoms with Gasteiger partial charge in [-0.3, -0.25) is 4.79 Å². The van der Waals surface area contributed by atoms with Crippen molar-refractivity contribution in [1.82, 2.24) is 5.32 Å². The molecule has 0 aliphatic heterocycles. The van der Waals surface area contributed by atoms with Crippen molar-refractivity contribution in [1.29, 1.82) is 0 Å². The second kappa shape index (κ2) is 11.5. The first kappa shape index (κ1) is 23.6. The van der Waals surface area contributed by atoms with E-state index in [0.29, 0.717) is 12.2 Å². The quantitative estimate of drug-likeness (QED) is 0.424. The topological polar surface area (TPSA) is 75.6 Å². The summed E-state index contributed by atoms with van der Waals surface area (Å²) >= 11 is 0. The largest absolute Gasteiger partial charge is 0.482 e. The van der Waals surface area contributed by atoms with Gasteiger partial charge in [0.1, 0.15) is 5.75 Å². The Bertz CT molecular complexity index is 1100. The Hall–Kier alpha value is -3.60. The molecule has 0 radical (unpaired) electrons. The van der Waals surface area contributed by atoms with Crippen molar-refractivity contribution in [2.24, 2.45) is 0 Å². The molecule has 2 unspecified atom stereocenters. The van der Waals surface area contributed by atoms with Crippen molar-refractivity contribution >= 4 is 11.9 Å². The molecule has 1 amide bonds. The average molecular weight is 458 g/mol. The first-order chi connectivity index (χ1) is 16.6. The van der Waals surface area contributed by atoms with Crippen LogP contribution in [0.4, 0.5) is 0 Å². The lowest BCUT2D eigenvalue weighted by atomic mass is 9.80. The molecule has 0 bridgehead atoms. The van der Waals surface area contributed by atoms with E-state index in [2.05, 4.69) is 35.6 Å². The fourth-order valence-electron chi connectivity index (χ4n) is 4.85. The number of amides is 1. The van der Waals surface area contributed by atoms with Crippen LogP contribution in [0.5, 0.6) is 5.75 Å². The number of hydrogen-bond acceptors (Lipinski definition) is 3. The molecule has 0 heterocycles. The fourth-order valence-corrected chi connectivity index (χ4v) is 4.85. The Morgan fingerprint density at radius 3 is 2.44 bits per heavy atom. The molecule has 0 saturated carbocycles. The van der Waals surface area contributed by atoms with Gasteiger partial charge < -0.3 is 15.2 Å². The molecule has 3 aromatic rings. The number of ether oxygens (including phenoxy) is 1. The summed E-state index contributed by atoms with van der Waals surface area (Å²) in [6.45, 7) is -0.341. The van der Waals surface area contributed by atoms with Crippen LogP contribution < -0.4 is 10.1 Å². The molecule has 0 spiro atoms. The van der Waals surface area contributed by atoms with Gasteiger partial charge in [0, 0.05) is 6.42 Å². The lowest BCUT2D eigenvalue weighted by Crippen LogP contribution is -2.30. The van der Waals surface area contributed by atoms with Gasteiger partial charge in [0.25, 0.3) is 0 Å². The van der Waals surface area contributed by atoms with E-state index in [1.54, 1.807) is 0 Å². The molecule has 0 fully saturated rings. The second-order valence-electron chi connectivity index (χ2n) is 8.85. The van der Waals surface area contributed by atoms with E-state index >= 15 is 0 Å². The molecule has 1 aliphatic rings. The van der Waals surface area contributed by atoms with Crippen LogP contribution in [0, 0.1) is 0 Å². The zero-order chi connectivity index (χ0) is 23.8. The van der Waals surface area contributed by atoms with Crippen LogP contribution in [0.15, 0.2) is 78.9 Å². The number of nitrogens with one attached hydrogen (secondary N) is 1. The fraction of sp³-hybridized carbons (Fsp3) is 0.310. The zero-order valence-electron chi connectivity index (χ0n) is 19.3. The molecule has 176 valence electrons. The number of fused-ring (bicyclic) bond motifs is 1. The van der Waals surface area contributed by atoms with Crippen LogP contribution in [-0.2, 0) is 22.4 Å². The Morgan fingerprint density at radius 2 is 1.71 bits per heavy atom. The summed E-state index contributed by atoms with van der Waals surface area (Å²) in [5.74, 6) is -0.00599. The smallest absolute Gasteiger partial charge is 0.341 e. The van der Waals surface area contributed by atoms with E-state index in [1.807, 2.05) is 48.5 Å². The Morgan fingerprint density at radius 1 is 0.971 bits per heavy atom. The number of rotatable bonds is 10. The first-order valence-electron chi connectivity index (χ1n) is 11.9. The molecule has 0 aromatic heterocycles. The summed E-state index contributed by atoms with van der Waals surface area (Å²) in [5, 5.41) is 12.2. The lowest BCUT2D eigenvalue weighted by Gasteiger charge is -2.27. The van der Waals surface area contributed by atoms with Gasteiger partial charge in [-0.15, -0.1) is 0 Å². The first-order valence-corrected chi connectivity index (χ1v) is 11.9. The van der Waals surface area contributed by atoms with Crippen molar-refractivity contribution in [2.45, 2.75) is 50.5 Å². The van der Waals surface area contributed by atoms with E-state index in [0.717, 1.165) is 43.2 Å². The SMILES string of the molecule is O=C(O)COc1cccc2c1CCCC2CCC(=O)NC(Cc1ccccc1)c1ccccc1. The molecular weight excluding hydrogens is 426 g/mol. The standard InChI is InChI=1S/C29H31NO4/c31-28(30-26(23-11-5-2-6-12-23)19-21-9-3-1-4-10-21)18-17-22-13-7-15-25-24(22)14-8-16-27(25)34-20-29(32)33/h1-6,8-12,14,16,22,26H,7,13,15,17-20H2,(H,30,31)(H,32,33). The van der Waals surface area contributed by atoms with Crippen molar-refractivity contribution in [3.8, 4) is 5.75 Å². The summed E-state index contributed by atoms with van der Waals surface area (Å²) in [6.07, 6.45) is 4.85. The summed E-state index contributed by atoms with van der Waals surface area (Å²) in [7, 11) is 0. The monoisotopic (exact) mass is 457 g/mol. The predicted molar refractivity (Wildman–Crippen MR) is 132 cm³/mol.